The molecule has 2 rings (SSSR count). The summed E-state index contributed by atoms with van der Waals surface area (Å²) in [6.07, 6.45) is 0. The predicted octanol–water partition coefficient (Wildman–Crippen LogP) is 1.26. The molecule has 3 N–H and O–H groups in total. The van der Waals surface area contributed by atoms with Crippen molar-refractivity contribution in [3.8, 4) is 0 Å². The standard InChI is InChI=1S/C12H10N2O7S2/c13-8-1-3-9(4-2-8)22(17,18)12-6-5-10(23(19,20)21)7-11(12)14(15)16/h1-7H,13H2,(H,19,20,21). The van der Waals surface area contributed by atoms with E-state index in [0.29, 0.717) is 11.8 Å². The van der Waals surface area contributed by atoms with Crippen molar-refractivity contribution in [1.82, 2.24) is 0 Å². The third-order valence-corrected chi connectivity index (χ3v) is 5.57. The molecule has 0 bridgehead atoms. The molecule has 0 unspecified atom stereocenters. The summed E-state index contributed by atoms with van der Waals surface area (Å²) in [5.41, 5.74) is 4.80. The van der Waals surface area contributed by atoms with E-state index in [1.807, 2.05) is 0 Å². The van der Waals surface area contributed by atoms with E-state index in [4.69, 9.17) is 10.3 Å². The number of nitrogen functional groups attached to an aromatic ring is 1. The zero-order valence-electron chi connectivity index (χ0n) is 11.3. The van der Waals surface area contributed by atoms with Crippen molar-refractivity contribution in [2.75, 3.05) is 5.73 Å². The van der Waals surface area contributed by atoms with Gasteiger partial charge in [0.05, 0.1) is 9.82 Å². The van der Waals surface area contributed by atoms with Gasteiger partial charge in [-0.2, -0.15) is 8.42 Å². The van der Waals surface area contributed by atoms with Crippen LogP contribution in [-0.4, -0.2) is 26.3 Å². The fourth-order valence-corrected chi connectivity index (χ4v) is 3.71. The van der Waals surface area contributed by atoms with Crippen molar-refractivity contribution < 1.29 is 26.3 Å². The van der Waals surface area contributed by atoms with Gasteiger partial charge in [0.2, 0.25) is 9.84 Å². The summed E-state index contributed by atoms with van der Waals surface area (Å²) in [6.45, 7) is 0. The molecule has 23 heavy (non-hydrogen) atoms. The molecule has 0 aliphatic carbocycles. The quantitative estimate of drug-likeness (QED) is 0.358. The zero-order chi connectivity index (χ0) is 17.4. The van der Waals surface area contributed by atoms with E-state index in [0.717, 1.165) is 12.1 Å². The van der Waals surface area contributed by atoms with Crippen molar-refractivity contribution in [2.24, 2.45) is 0 Å². The molecule has 0 heterocycles. The maximum Gasteiger partial charge on any atom is 0.294 e. The summed E-state index contributed by atoms with van der Waals surface area (Å²) in [6, 6.07) is 6.98. The van der Waals surface area contributed by atoms with E-state index in [-0.39, 0.29) is 4.90 Å². The Morgan fingerprint density at radius 1 is 0.957 bits per heavy atom. The Kier molecular flexibility index (Phi) is 4.11. The number of nitrogens with zero attached hydrogens (tertiary/aromatic N) is 1. The van der Waals surface area contributed by atoms with Gasteiger partial charge in [0, 0.05) is 11.8 Å². The van der Waals surface area contributed by atoms with E-state index in [9.17, 15) is 26.9 Å². The summed E-state index contributed by atoms with van der Waals surface area (Å²) in [5, 5.41) is 11.1. The molecule has 0 spiro atoms. The monoisotopic (exact) mass is 358 g/mol. The SMILES string of the molecule is Nc1ccc(S(=O)(=O)c2ccc(S(=O)(=O)O)cc2[N+](=O)[O-])cc1. The van der Waals surface area contributed by atoms with E-state index in [1.165, 1.54) is 24.3 Å². The normalized spacial score (nSPS) is 12.0. The van der Waals surface area contributed by atoms with Crippen LogP contribution >= 0.6 is 0 Å². The van der Waals surface area contributed by atoms with Gasteiger partial charge in [-0.25, -0.2) is 8.42 Å². The molecule has 2 aromatic rings. The molecule has 0 saturated heterocycles. The molecule has 0 saturated carbocycles. The molecule has 0 atom stereocenters. The maximum absolute atomic E-state index is 12.5. The van der Waals surface area contributed by atoms with Crippen LogP contribution in [0.25, 0.3) is 0 Å². The number of benzene rings is 2. The highest BCUT2D eigenvalue weighted by Gasteiger charge is 2.29. The van der Waals surface area contributed by atoms with Crippen molar-refractivity contribution >= 4 is 31.3 Å². The lowest BCUT2D eigenvalue weighted by Crippen LogP contribution is -2.08. The number of hydrogen-bond donors (Lipinski definition) is 2. The molecular weight excluding hydrogens is 348 g/mol. The van der Waals surface area contributed by atoms with Gasteiger partial charge >= 0.3 is 0 Å². The third kappa shape index (κ3) is 3.31. The molecule has 0 aromatic heterocycles. The number of hydrogen-bond acceptors (Lipinski definition) is 7. The highest BCUT2D eigenvalue weighted by atomic mass is 32.2. The van der Waals surface area contributed by atoms with Gasteiger partial charge in [0.1, 0.15) is 9.79 Å². The number of anilines is 1. The second-order valence-electron chi connectivity index (χ2n) is 4.43. The first-order valence-electron chi connectivity index (χ1n) is 5.90. The smallest absolute Gasteiger partial charge is 0.294 e. The second kappa shape index (κ2) is 5.61. The van der Waals surface area contributed by atoms with Crippen LogP contribution in [0, 0.1) is 10.1 Å². The number of nitro benzene ring substituents is 1. The van der Waals surface area contributed by atoms with Crippen LogP contribution in [0.15, 0.2) is 57.2 Å². The fraction of sp³-hybridized carbons (Fsp3) is 0. The van der Waals surface area contributed by atoms with E-state index < -0.39 is 40.4 Å². The topological polar surface area (TPSA) is 158 Å². The van der Waals surface area contributed by atoms with Crippen molar-refractivity contribution in [1.29, 1.82) is 0 Å². The van der Waals surface area contributed by atoms with Gasteiger partial charge in [-0.15, -0.1) is 0 Å². The summed E-state index contributed by atoms with van der Waals surface area (Å²) in [4.78, 5) is 8.32. The molecule has 0 aliphatic heterocycles. The molecule has 0 fully saturated rings. The summed E-state index contributed by atoms with van der Waals surface area (Å²) >= 11 is 0. The Hall–Kier alpha value is -2.50. The average Bonchev–Trinajstić information content (AvgIpc) is 2.46. The Labute approximate surface area is 131 Å². The number of rotatable bonds is 4. The minimum Gasteiger partial charge on any atom is -0.399 e. The first-order chi connectivity index (χ1) is 10.5. The van der Waals surface area contributed by atoms with Gasteiger partial charge in [0.25, 0.3) is 15.8 Å². The number of sulfone groups is 1. The Morgan fingerprint density at radius 3 is 1.96 bits per heavy atom. The average molecular weight is 358 g/mol. The lowest BCUT2D eigenvalue weighted by Gasteiger charge is -2.07. The summed E-state index contributed by atoms with van der Waals surface area (Å²) < 4.78 is 56.0. The highest BCUT2D eigenvalue weighted by molar-refractivity contribution is 7.91. The Balaban J connectivity index is 2.72. The van der Waals surface area contributed by atoms with Gasteiger partial charge < -0.3 is 5.73 Å². The van der Waals surface area contributed by atoms with Crippen molar-refractivity contribution in [3.63, 3.8) is 0 Å². The van der Waals surface area contributed by atoms with Crippen LogP contribution in [0.5, 0.6) is 0 Å². The molecule has 11 heteroatoms. The highest BCUT2D eigenvalue weighted by Crippen LogP contribution is 2.31. The lowest BCUT2D eigenvalue weighted by molar-refractivity contribution is -0.388. The molecule has 9 nitrogen and oxygen atoms in total. The Bertz CT molecular complexity index is 981. The van der Waals surface area contributed by atoms with Gasteiger partial charge in [-0.1, -0.05) is 0 Å². The molecular formula is C12H10N2O7S2. The second-order valence-corrected chi connectivity index (χ2v) is 7.77. The van der Waals surface area contributed by atoms with E-state index in [1.54, 1.807) is 0 Å². The number of nitrogens with two attached hydrogens (primary N) is 1. The minimum atomic E-state index is -4.71. The minimum absolute atomic E-state index is 0.241. The van der Waals surface area contributed by atoms with Gasteiger partial charge in [-0.05, 0) is 36.4 Å². The van der Waals surface area contributed by atoms with Crippen LogP contribution in [0.1, 0.15) is 0 Å². The van der Waals surface area contributed by atoms with Crippen LogP contribution in [0.2, 0.25) is 0 Å². The maximum atomic E-state index is 12.5. The van der Waals surface area contributed by atoms with Crippen LogP contribution in [0.4, 0.5) is 11.4 Å². The lowest BCUT2D eigenvalue weighted by atomic mass is 10.3. The molecule has 0 amide bonds. The Morgan fingerprint density at radius 2 is 1.48 bits per heavy atom. The zero-order valence-corrected chi connectivity index (χ0v) is 12.9. The van der Waals surface area contributed by atoms with Gasteiger partial charge in [-0.3, -0.25) is 14.7 Å². The number of nitro groups is 1. The molecule has 2 aromatic carbocycles. The van der Waals surface area contributed by atoms with Crippen molar-refractivity contribution in [3.05, 3.63) is 52.6 Å². The van der Waals surface area contributed by atoms with Crippen LogP contribution in [-0.2, 0) is 20.0 Å². The summed E-state index contributed by atoms with van der Waals surface area (Å²) in [5.74, 6) is 0. The van der Waals surface area contributed by atoms with Crippen LogP contribution in [0.3, 0.4) is 0 Å². The molecule has 122 valence electrons. The fourth-order valence-electron chi connectivity index (χ4n) is 1.80. The third-order valence-electron chi connectivity index (χ3n) is 2.90. The first-order valence-corrected chi connectivity index (χ1v) is 8.82. The van der Waals surface area contributed by atoms with Crippen molar-refractivity contribution in [2.45, 2.75) is 14.7 Å². The first kappa shape index (κ1) is 16.9. The molecule has 0 aliphatic rings. The van der Waals surface area contributed by atoms with Crippen LogP contribution < -0.4 is 5.73 Å². The predicted molar refractivity (Wildman–Crippen MR) is 79.2 cm³/mol. The van der Waals surface area contributed by atoms with E-state index >= 15 is 0 Å². The summed E-state index contributed by atoms with van der Waals surface area (Å²) in [7, 11) is -8.97. The largest absolute Gasteiger partial charge is 0.399 e. The van der Waals surface area contributed by atoms with E-state index in [2.05, 4.69) is 0 Å². The molecule has 0 radical (unpaired) electrons. The van der Waals surface area contributed by atoms with Gasteiger partial charge in [0.15, 0.2) is 0 Å².